The van der Waals surface area contributed by atoms with Crippen molar-refractivity contribution >= 4 is 11.6 Å². The number of benzene rings is 1. The Kier molecular flexibility index (Phi) is 5.57. The number of carbonyl (C=O) groups is 1. The third-order valence-corrected chi connectivity index (χ3v) is 4.95. The summed E-state index contributed by atoms with van der Waals surface area (Å²) in [4.78, 5) is 17.7. The molecule has 1 aliphatic rings. The number of aryl methyl sites for hydroxylation is 2. The Labute approximate surface area is 154 Å². The fourth-order valence-electron chi connectivity index (χ4n) is 3.45. The van der Waals surface area contributed by atoms with E-state index in [0.29, 0.717) is 38.5 Å². The molecule has 0 atom stereocenters. The first-order valence-corrected chi connectivity index (χ1v) is 9.12. The summed E-state index contributed by atoms with van der Waals surface area (Å²) in [5, 5.41) is 3.10. The Bertz CT molecular complexity index is 783. The van der Waals surface area contributed by atoms with Crippen LogP contribution in [0.2, 0.25) is 0 Å². The highest BCUT2D eigenvalue weighted by Gasteiger charge is 2.42. The number of rotatable bonds is 5. The number of nitrogens with zero attached hydrogens (tertiary/aromatic N) is 1. The van der Waals surface area contributed by atoms with Crippen LogP contribution in [0.5, 0.6) is 5.88 Å². The lowest BCUT2D eigenvalue weighted by Gasteiger charge is -2.36. The highest BCUT2D eigenvalue weighted by atomic mass is 16.5. The van der Waals surface area contributed by atoms with Crippen molar-refractivity contribution in [3.8, 4) is 5.88 Å². The van der Waals surface area contributed by atoms with Crippen molar-refractivity contribution in [3.63, 3.8) is 0 Å². The van der Waals surface area contributed by atoms with E-state index in [1.807, 2.05) is 32.0 Å². The molecule has 1 fully saturated rings. The van der Waals surface area contributed by atoms with Crippen LogP contribution in [0, 0.1) is 13.8 Å². The lowest BCUT2D eigenvalue weighted by Crippen LogP contribution is -2.45. The Morgan fingerprint density at radius 1 is 1.23 bits per heavy atom. The average Bonchev–Trinajstić information content (AvgIpc) is 2.64. The molecule has 0 bridgehead atoms. The molecular weight excluding hydrogens is 328 g/mol. The highest BCUT2D eigenvalue weighted by molar-refractivity contribution is 5.99. The number of carbonyl (C=O) groups excluding carboxylic acids is 1. The smallest absolute Gasteiger partial charge is 0.235 e. The average molecular weight is 354 g/mol. The summed E-state index contributed by atoms with van der Waals surface area (Å²) in [6, 6.07) is 11.9. The number of nitrogens with one attached hydrogen (secondary N) is 1. The SMILES string of the molecule is CCOc1ccc(NC(=O)C2(c3cccc(C)c3)CCOCC2)c(C)n1. The molecule has 5 heteroatoms. The maximum atomic E-state index is 13.3. The van der Waals surface area contributed by atoms with Crippen LogP contribution >= 0.6 is 0 Å². The van der Waals surface area contributed by atoms with Gasteiger partial charge in [-0.3, -0.25) is 4.79 Å². The molecule has 138 valence electrons. The van der Waals surface area contributed by atoms with E-state index in [1.54, 1.807) is 6.07 Å². The minimum Gasteiger partial charge on any atom is -0.478 e. The number of anilines is 1. The van der Waals surface area contributed by atoms with Crippen LogP contribution in [0.25, 0.3) is 0 Å². The van der Waals surface area contributed by atoms with E-state index >= 15 is 0 Å². The molecular formula is C21H26N2O3. The van der Waals surface area contributed by atoms with Crippen LogP contribution in [0.15, 0.2) is 36.4 Å². The van der Waals surface area contributed by atoms with Gasteiger partial charge in [0.25, 0.3) is 0 Å². The molecule has 0 unspecified atom stereocenters. The first-order valence-electron chi connectivity index (χ1n) is 9.12. The van der Waals surface area contributed by atoms with Crippen LogP contribution in [0.1, 0.15) is 36.6 Å². The predicted octanol–water partition coefficient (Wildman–Crippen LogP) is 3.78. The molecule has 0 aliphatic carbocycles. The molecule has 5 nitrogen and oxygen atoms in total. The molecule has 3 rings (SSSR count). The van der Waals surface area contributed by atoms with Gasteiger partial charge < -0.3 is 14.8 Å². The van der Waals surface area contributed by atoms with Crippen molar-refractivity contribution in [2.45, 2.75) is 39.0 Å². The van der Waals surface area contributed by atoms with Gasteiger partial charge in [0.15, 0.2) is 0 Å². The van der Waals surface area contributed by atoms with Gasteiger partial charge in [-0.15, -0.1) is 0 Å². The van der Waals surface area contributed by atoms with Crippen molar-refractivity contribution < 1.29 is 14.3 Å². The van der Waals surface area contributed by atoms with E-state index in [9.17, 15) is 4.79 Å². The zero-order valence-corrected chi connectivity index (χ0v) is 15.7. The van der Waals surface area contributed by atoms with Gasteiger partial charge in [0.2, 0.25) is 11.8 Å². The van der Waals surface area contributed by atoms with Gasteiger partial charge in [-0.2, -0.15) is 0 Å². The van der Waals surface area contributed by atoms with Gasteiger partial charge in [-0.05, 0) is 45.2 Å². The summed E-state index contributed by atoms with van der Waals surface area (Å²) in [6.07, 6.45) is 1.34. The molecule has 1 N–H and O–H groups in total. The number of amides is 1. The van der Waals surface area contributed by atoms with Gasteiger partial charge >= 0.3 is 0 Å². The third-order valence-electron chi connectivity index (χ3n) is 4.95. The predicted molar refractivity (Wildman–Crippen MR) is 102 cm³/mol. The lowest BCUT2D eigenvalue weighted by atomic mass is 9.73. The maximum Gasteiger partial charge on any atom is 0.235 e. The molecule has 26 heavy (non-hydrogen) atoms. The molecule has 1 aromatic heterocycles. The summed E-state index contributed by atoms with van der Waals surface area (Å²) in [5.74, 6) is 0.572. The summed E-state index contributed by atoms with van der Waals surface area (Å²) >= 11 is 0. The molecule has 0 radical (unpaired) electrons. The molecule has 1 aromatic carbocycles. The second kappa shape index (κ2) is 7.87. The first-order chi connectivity index (χ1) is 12.5. The van der Waals surface area contributed by atoms with Crippen molar-refractivity contribution in [3.05, 3.63) is 53.2 Å². The van der Waals surface area contributed by atoms with E-state index in [0.717, 1.165) is 22.5 Å². The zero-order chi connectivity index (χ0) is 18.6. The normalized spacial score (nSPS) is 16.1. The summed E-state index contributed by atoms with van der Waals surface area (Å²) in [5.41, 5.74) is 3.10. The number of pyridine rings is 1. The van der Waals surface area contributed by atoms with Crippen LogP contribution in [0.4, 0.5) is 5.69 Å². The minimum absolute atomic E-state index is 0.000426. The molecule has 2 aromatic rings. The fraction of sp³-hybridized carbons (Fsp3) is 0.429. The Hall–Kier alpha value is -2.40. The minimum atomic E-state index is -0.574. The molecule has 1 aliphatic heterocycles. The molecule has 1 saturated heterocycles. The van der Waals surface area contributed by atoms with Crippen LogP contribution in [-0.4, -0.2) is 30.7 Å². The summed E-state index contributed by atoms with van der Waals surface area (Å²) in [7, 11) is 0. The van der Waals surface area contributed by atoms with Crippen LogP contribution in [0.3, 0.4) is 0 Å². The number of aromatic nitrogens is 1. The lowest BCUT2D eigenvalue weighted by molar-refractivity contribution is -0.125. The Morgan fingerprint density at radius 3 is 2.65 bits per heavy atom. The van der Waals surface area contributed by atoms with E-state index in [4.69, 9.17) is 9.47 Å². The van der Waals surface area contributed by atoms with E-state index in [-0.39, 0.29) is 5.91 Å². The second-order valence-corrected chi connectivity index (χ2v) is 6.73. The number of ether oxygens (including phenoxy) is 2. The van der Waals surface area contributed by atoms with Gasteiger partial charge in [-0.25, -0.2) is 4.98 Å². The maximum absolute atomic E-state index is 13.3. The fourth-order valence-corrected chi connectivity index (χ4v) is 3.45. The molecule has 0 spiro atoms. The molecule has 2 heterocycles. The van der Waals surface area contributed by atoms with Gasteiger partial charge in [-0.1, -0.05) is 29.8 Å². The largest absolute Gasteiger partial charge is 0.478 e. The molecule has 1 amide bonds. The van der Waals surface area contributed by atoms with Crippen molar-refractivity contribution in [1.82, 2.24) is 4.98 Å². The van der Waals surface area contributed by atoms with Crippen molar-refractivity contribution in [2.24, 2.45) is 0 Å². The Morgan fingerprint density at radius 2 is 2.00 bits per heavy atom. The van der Waals surface area contributed by atoms with Gasteiger partial charge in [0, 0.05) is 19.3 Å². The Balaban J connectivity index is 1.89. The number of hydrogen-bond acceptors (Lipinski definition) is 4. The van der Waals surface area contributed by atoms with E-state index in [1.165, 1.54) is 0 Å². The monoisotopic (exact) mass is 354 g/mol. The molecule has 0 saturated carbocycles. The van der Waals surface area contributed by atoms with E-state index in [2.05, 4.69) is 29.4 Å². The third kappa shape index (κ3) is 3.73. The van der Waals surface area contributed by atoms with Gasteiger partial charge in [0.1, 0.15) is 0 Å². The van der Waals surface area contributed by atoms with Gasteiger partial charge in [0.05, 0.1) is 23.4 Å². The topological polar surface area (TPSA) is 60.5 Å². The summed E-state index contributed by atoms with van der Waals surface area (Å²) in [6.45, 7) is 7.58. The highest BCUT2D eigenvalue weighted by Crippen LogP contribution is 2.37. The standard InChI is InChI=1S/C21H26N2O3/c1-4-26-19-9-8-18(16(3)22-19)23-20(24)21(10-12-25-13-11-21)17-7-5-6-15(2)14-17/h5-9,14H,4,10-13H2,1-3H3,(H,23,24). The first kappa shape index (κ1) is 18.4. The van der Waals surface area contributed by atoms with E-state index < -0.39 is 5.41 Å². The zero-order valence-electron chi connectivity index (χ0n) is 15.7. The number of hydrogen-bond donors (Lipinski definition) is 1. The quantitative estimate of drug-likeness (QED) is 0.887. The summed E-state index contributed by atoms with van der Waals surface area (Å²) < 4.78 is 11.0. The van der Waals surface area contributed by atoms with Crippen LogP contribution < -0.4 is 10.1 Å². The second-order valence-electron chi connectivity index (χ2n) is 6.73. The van der Waals surface area contributed by atoms with Crippen molar-refractivity contribution in [2.75, 3.05) is 25.1 Å². The van der Waals surface area contributed by atoms with Crippen molar-refractivity contribution in [1.29, 1.82) is 0 Å². The van der Waals surface area contributed by atoms with Crippen LogP contribution in [-0.2, 0) is 14.9 Å².